The first-order valence-corrected chi connectivity index (χ1v) is 8.27. The molecule has 7 nitrogen and oxygen atoms in total. The number of alkyl carbamates (subject to hydrolysis) is 1. The van der Waals surface area contributed by atoms with Crippen LogP contribution < -0.4 is 16.0 Å². The molecule has 0 bridgehead atoms. The molecule has 2 saturated heterocycles. The summed E-state index contributed by atoms with van der Waals surface area (Å²) in [5.41, 5.74) is -0.534. The molecule has 7 heteroatoms. The summed E-state index contributed by atoms with van der Waals surface area (Å²) in [5, 5.41) is 8.02. The summed E-state index contributed by atoms with van der Waals surface area (Å²) < 4.78 is 5.01. The second-order valence-corrected chi connectivity index (χ2v) is 7.43. The Morgan fingerprint density at radius 2 is 1.78 bits per heavy atom. The molecule has 3 aliphatic rings. The maximum atomic E-state index is 11.2. The summed E-state index contributed by atoms with van der Waals surface area (Å²) in [5.74, 6) is 0.529. The van der Waals surface area contributed by atoms with Crippen LogP contribution in [0.25, 0.3) is 0 Å². The summed E-state index contributed by atoms with van der Waals surface area (Å²) in [7, 11) is 0. The van der Waals surface area contributed by atoms with Crippen molar-refractivity contribution in [3.05, 3.63) is 0 Å². The van der Waals surface area contributed by atoms with Crippen molar-refractivity contribution in [1.82, 2.24) is 16.0 Å². The molecule has 0 aromatic rings. The third kappa shape index (κ3) is 4.59. The average molecular weight is 325 g/mol. The SMILES string of the molecule is CC1NC(=O)[C@H]1NC(=O)OC(C)(C)C.O=C1N[C@@H]2CCCC[C@H]12. The van der Waals surface area contributed by atoms with Crippen LogP contribution in [-0.2, 0) is 14.3 Å². The van der Waals surface area contributed by atoms with Crippen molar-refractivity contribution in [3.8, 4) is 0 Å². The van der Waals surface area contributed by atoms with Gasteiger partial charge in [-0.25, -0.2) is 4.79 Å². The lowest BCUT2D eigenvalue weighted by Gasteiger charge is -2.40. The molecular weight excluding hydrogens is 298 g/mol. The van der Waals surface area contributed by atoms with E-state index in [-0.39, 0.29) is 11.9 Å². The normalized spacial score (nSPS) is 31.8. The zero-order valence-corrected chi connectivity index (χ0v) is 14.3. The maximum absolute atomic E-state index is 11.2. The number of amides is 3. The number of hydrogen-bond donors (Lipinski definition) is 3. The topological polar surface area (TPSA) is 96.5 Å². The highest BCUT2D eigenvalue weighted by atomic mass is 16.6. The standard InChI is InChI=1S/C9H16N2O3.C7H11NO/c1-5-6(7(12)10-5)11-8(13)14-9(2,3)4;9-7-5-3-1-2-4-6(5)8-7/h5-6H,1-4H3,(H,10,12)(H,11,13);5-6H,1-4H2,(H,8,9)/t5?,6-;5-,6+/m00/s1. The van der Waals surface area contributed by atoms with Crippen molar-refractivity contribution in [3.63, 3.8) is 0 Å². The predicted molar refractivity (Wildman–Crippen MR) is 84.7 cm³/mol. The van der Waals surface area contributed by atoms with E-state index in [0.29, 0.717) is 17.9 Å². The molecule has 0 spiro atoms. The van der Waals surface area contributed by atoms with Crippen LogP contribution in [0.5, 0.6) is 0 Å². The fraction of sp³-hybridized carbons (Fsp3) is 0.812. The summed E-state index contributed by atoms with van der Waals surface area (Å²) in [6.45, 7) is 7.15. The molecule has 2 heterocycles. The quantitative estimate of drug-likeness (QED) is 0.628. The van der Waals surface area contributed by atoms with E-state index in [4.69, 9.17) is 4.74 Å². The molecular formula is C16H27N3O4. The molecule has 0 radical (unpaired) electrons. The Labute approximate surface area is 136 Å². The Hall–Kier alpha value is -1.79. The van der Waals surface area contributed by atoms with Crippen molar-refractivity contribution >= 4 is 17.9 Å². The van der Waals surface area contributed by atoms with E-state index >= 15 is 0 Å². The molecule has 3 fully saturated rings. The molecule has 0 aromatic carbocycles. The van der Waals surface area contributed by atoms with Crippen molar-refractivity contribution in [2.45, 2.75) is 77.1 Å². The van der Waals surface area contributed by atoms with Crippen LogP contribution in [0.1, 0.15) is 53.4 Å². The minimum atomic E-state index is -0.552. The first-order chi connectivity index (χ1) is 10.7. The van der Waals surface area contributed by atoms with Gasteiger partial charge in [-0.1, -0.05) is 12.8 Å². The third-order valence-corrected chi connectivity index (χ3v) is 4.26. The van der Waals surface area contributed by atoms with E-state index in [1.54, 1.807) is 20.8 Å². The van der Waals surface area contributed by atoms with Crippen molar-refractivity contribution < 1.29 is 19.1 Å². The van der Waals surface area contributed by atoms with Crippen molar-refractivity contribution in [2.75, 3.05) is 0 Å². The summed E-state index contributed by atoms with van der Waals surface area (Å²) in [6.07, 6.45) is 4.37. The molecule has 1 saturated carbocycles. The van der Waals surface area contributed by atoms with Crippen LogP contribution in [0.2, 0.25) is 0 Å². The van der Waals surface area contributed by atoms with E-state index in [1.807, 2.05) is 6.92 Å². The van der Waals surface area contributed by atoms with Crippen LogP contribution >= 0.6 is 0 Å². The van der Waals surface area contributed by atoms with Crippen LogP contribution in [0.15, 0.2) is 0 Å². The van der Waals surface area contributed by atoms with Gasteiger partial charge >= 0.3 is 6.09 Å². The molecule has 1 aliphatic carbocycles. The second kappa shape index (κ2) is 6.76. The molecule has 3 amide bonds. The second-order valence-electron chi connectivity index (χ2n) is 7.43. The number of β-lactam (4-membered cyclic amide) rings is 2. The van der Waals surface area contributed by atoms with Crippen LogP contribution in [0.4, 0.5) is 4.79 Å². The predicted octanol–water partition coefficient (Wildman–Crippen LogP) is 1.07. The van der Waals surface area contributed by atoms with Gasteiger partial charge in [-0.05, 0) is 40.5 Å². The van der Waals surface area contributed by atoms with Gasteiger partial charge in [0.05, 0.1) is 12.0 Å². The minimum Gasteiger partial charge on any atom is -0.444 e. The van der Waals surface area contributed by atoms with Gasteiger partial charge in [0.1, 0.15) is 11.6 Å². The molecule has 130 valence electrons. The van der Waals surface area contributed by atoms with Gasteiger partial charge in [-0.15, -0.1) is 0 Å². The fourth-order valence-electron chi connectivity index (χ4n) is 2.96. The lowest BCUT2D eigenvalue weighted by atomic mass is 9.78. The smallest absolute Gasteiger partial charge is 0.408 e. The molecule has 0 aromatic heterocycles. The van der Waals surface area contributed by atoms with E-state index in [0.717, 1.165) is 6.42 Å². The number of nitrogens with one attached hydrogen (secondary N) is 3. The largest absolute Gasteiger partial charge is 0.444 e. The Morgan fingerprint density at radius 1 is 1.13 bits per heavy atom. The number of rotatable bonds is 1. The number of hydrogen-bond acceptors (Lipinski definition) is 4. The monoisotopic (exact) mass is 325 g/mol. The van der Waals surface area contributed by atoms with Gasteiger partial charge in [-0.3, -0.25) is 9.59 Å². The van der Waals surface area contributed by atoms with Gasteiger partial charge < -0.3 is 20.7 Å². The highest BCUT2D eigenvalue weighted by Crippen LogP contribution is 2.30. The summed E-state index contributed by atoms with van der Waals surface area (Å²) in [4.78, 5) is 33.0. The lowest BCUT2D eigenvalue weighted by Crippen LogP contribution is -2.68. The third-order valence-electron chi connectivity index (χ3n) is 4.26. The fourth-order valence-corrected chi connectivity index (χ4v) is 2.96. The van der Waals surface area contributed by atoms with Gasteiger partial charge in [0.2, 0.25) is 11.8 Å². The highest BCUT2D eigenvalue weighted by Gasteiger charge is 2.40. The Balaban J connectivity index is 0.000000182. The zero-order valence-electron chi connectivity index (χ0n) is 14.3. The van der Waals surface area contributed by atoms with Crippen LogP contribution in [0, 0.1) is 5.92 Å². The van der Waals surface area contributed by atoms with Gasteiger partial charge in [0, 0.05) is 6.04 Å². The highest BCUT2D eigenvalue weighted by molar-refractivity contribution is 5.92. The van der Waals surface area contributed by atoms with Crippen molar-refractivity contribution in [1.29, 1.82) is 0 Å². The van der Waals surface area contributed by atoms with Crippen LogP contribution in [0.3, 0.4) is 0 Å². The van der Waals surface area contributed by atoms with Crippen molar-refractivity contribution in [2.24, 2.45) is 5.92 Å². The number of fused-ring (bicyclic) bond motifs is 1. The Bertz CT molecular complexity index is 486. The number of carbonyl (C=O) groups is 3. The molecule has 23 heavy (non-hydrogen) atoms. The van der Waals surface area contributed by atoms with Gasteiger partial charge in [-0.2, -0.15) is 0 Å². The number of ether oxygens (including phenoxy) is 1. The molecule has 2 aliphatic heterocycles. The maximum Gasteiger partial charge on any atom is 0.408 e. The van der Waals surface area contributed by atoms with E-state index in [9.17, 15) is 14.4 Å². The van der Waals surface area contributed by atoms with E-state index < -0.39 is 17.7 Å². The first kappa shape index (κ1) is 17.6. The summed E-state index contributed by atoms with van der Waals surface area (Å²) in [6, 6.07) is 0.0890. The summed E-state index contributed by atoms with van der Waals surface area (Å²) >= 11 is 0. The first-order valence-electron chi connectivity index (χ1n) is 8.27. The molecule has 1 unspecified atom stereocenters. The minimum absolute atomic E-state index is 0.0185. The zero-order chi connectivity index (χ0) is 17.2. The molecule has 3 rings (SSSR count). The van der Waals surface area contributed by atoms with Gasteiger partial charge in [0.25, 0.3) is 0 Å². The molecule has 4 atom stereocenters. The Morgan fingerprint density at radius 3 is 2.22 bits per heavy atom. The Kier molecular flexibility index (Phi) is 5.16. The van der Waals surface area contributed by atoms with E-state index in [1.165, 1.54) is 19.3 Å². The van der Waals surface area contributed by atoms with Gasteiger partial charge in [0.15, 0.2) is 0 Å². The lowest BCUT2D eigenvalue weighted by molar-refractivity contribution is -0.136. The molecule has 3 N–H and O–H groups in total. The van der Waals surface area contributed by atoms with E-state index in [2.05, 4.69) is 16.0 Å². The average Bonchev–Trinajstić information content (AvgIpc) is 2.43. The number of carbonyl (C=O) groups excluding carboxylic acids is 3. The van der Waals surface area contributed by atoms with Crippen LogP contribution in [-0.4, -0.2) is 41.6 Å².